The molecule has 1 aliphatic rings. The van der Waals surface area contributed by atoms with Crippen LogP contribution >= 0.6 is 0 Å². The molecule has 1 aromatic rings. The van der Waals surface area contributed by atoms with Crippen LogP contribution < -0.4 is 5.32 Å². The molecular weight excluding hydrogens is 198 g/mol. The van der Waals surface area contributed by atoms with Crippen molar-refractivity contribution in [1.82, 2.24) is 0 Å². The van der Waals surface area contributed by atoms with E-state index in [0.717, 1.165) is 17.4 Å². The SMILES string of the molecule is CC(C)C1CC(Nc2ccc(CO)cc2)C1. The van der Waals surface area contributed by atoms with Gasteiger partial charge >= 0.3 is 0 Å². The predicted molar refractivity (Wildman–Crippen MR) is 67.3 cm³/mol. The Morgan fingerprint density at radius 1 is 1.25 bits per heavy atom. The summed E-state index contributed by atoms with van der Waals surface area (Å²) in [6.07, 6.45) is 2.58. The molecule has 1 fully saturated rings. The van der Waals surface area contributed by atoms with Crippen molar-refractivity contribution in [3.05, 3.63) is 29.8 Å². The molecule has 0 heterocycles. The van der Waals surface area contributed by atoms with E-state index in [2.05, 4.69) is 19.2 Å². The minimum Gasteiger partial charge on any atom is -0.392 e. The average molecular weight is 219 g/mol. The largest absolute Gasteiger partial charge is 0.392 e. The molecule has 1 saturated carbocycles. The number of hydrogen-bond acceptors (Lipinski definition) is 2. The van der Waals surface area contributed by atoms with Gasteiger partial charge in [-0.05, 0) is 42.4 Å². The average Bonchev–Trinajstić information content (AvgIpc) is 2.23. The second-order valence-electron chi connectivity index (χ2n) is 5.17. The minimum atomic E-state index is 0.124. The van der Waals surface area contributed by atoms with Crippen LogP contribution in [-0.4, -0.2) is 11.1 Å². The van der Waals surface area contributed by atoms with Gasteiger partial charge < -0.3 is 10.4 Å². The first-order valence-electron chi connectivity index (χ1n) is 6.15. The molecule has 2 nitrogen and oxygen atoms in total. The lowest BCUT2D eigenvalue weighted by Crippen LogP contribution is -2.37. The van der Waals surface area contributed by atoms with Gasteiger partial charge in [0.2, 0.25) is 0 Å². The summed E-state index contributed by atoms with van der Waals surface area (Å²) >= 11 is 0. The molecule has 2 rings (SSSR count). The summed E-state index contributed by atoms with van der Waals surface area (Å²) in [5.74, 6) is 1.71. The molecule has 0 bridgehead atoms. The van der Waals surface area contributed by atoms with E-state index in [0.29, 0.717) is 6.04 Å². The standard InChI is InChI=1S/C14H21NO/c1-10(2)12-7-14(8-12)15-13-5-3-11(9-16)4-6-13/h3-6,10,12,14-16H,7-9H2,1-2H3. The van der Waals surface area contributed by atoms with E-state index in [9.17, 15) is 0 Å². The highest BCUT2D eigenvalue weighted by atomic mass is 16.3. The Hall–Kier alpha value is -1.02. The molecule has 0 radical (unpaired) electrons. The third-order valence-corrected chi connectivity index (χ3v) is 3.62. The van der Waals surface area contributed by atoms with Gasteiger partial charge in [0.25, 0.3) is 0 Å². The topological polar surface area (TPSA) is 32.3 Å². The van der Waals surface area contributed by atoms with Crippen molar-refractivity contribution in [1.29, 1.82) is 0 Å². The fourth-order valence-electron chi connectivity index (χ4n) is 2.27. The molecule has 0 spiro atoms. The molecule has 0 aliphatic heterocycles. The van der Waals surface area contributed by atoms with Gasteiger partial charge in [0.15, 0.2) is 0 Å². The van der Waals surface area contributed by atoms with Crippen molar-refractivity contribution in [2.45, 2.75) is 39.3 Å². The van der Waals surface area contributed by atoms with Gasteiger partial charge in [0.05, 0.1) is 6.61 Å². The molecule has 2 heteroatoms. The summed E-state index contributed by atoms with van der Waals surface area (Å²) < 4.78 is 0. The highest BCUT2D eigenvalue weighted by Gasteiger charge is 2.30. The zero-order chi connectivity index (χ0) is 11.5. The zero-order valence-electron chi connectivity index (χ0n) is 10.1. The Bertz CT molecular complexity index is 325. The second kappa shape index (κ2) is 4.88. The first-order chi connectivity index (χ1) is 7.69. The summed E-state index contributed by atoms with van der Waals surface area (Å²) in [4.78, 5) is 0. The van der Waals surface area contributed by atoms with Gasteiger partial charge in [-0.3, -0.25) is 0 Å². The summed E-state index contributed by atoms with van der Waals surface area (Å²) in [7, 11) is 0. The van der Waals surface area contributed by atoms with Crippen LogP contribution in [0.5, 0.6) is 0 Å². The highest BCUT2D eigenvalue weighted by Crippen LogP contribution is 2.35. The molecule has 0 amide bonds. The van der Waals surface area contributed by atoms with Gasteiger partial charge in [-0.25, -0.2) is 0 Å². The minimum absolute atomic E-state index is 0.124. The van der Waals surface area contributed by atoms with Crippen LogP contribution in [0, 0.1) is 11.8 Å². The number of aliphatic hydroxyl groups excluding tert-OH is 1. The van der Waals surface area contributed by atoms with E-state index < -0.39 is 0 Å². The number of anilines is 1. The molecule has 2 N–H and O–H groups in total. The van der Waals surface area contributed by atoms with Crippen LogP contribution in [0.1, 0.15) is 32.3 Å². The maximum absolute atomic E-state index is 8.94. The highest BCUT2D eigenvalue weighted by molar-refractivity contribution is 5.45. The van der Waals surface area contributed by atoms with Gasteiger partial charge in [-0.1, -0.05) is 26.0 Å². The quantitative estimate of drug-likeness (QED) is 0.816. The predicted octanol–water partition coefficient (Wildman–Crippen LogP) is 3.03. The Morgan fingerprint density at radius 3 is 2.38 bits per heavy atom. The van der Waals surface area contributed by atoms with Gasteiger partial charge in [-0.2, -0.15) is 0 Å². The van der Waals surface area contributed by atoms with Gasteiger partial charge in [0, 0.05) is 11.7 Å². The lowest BCUT2D eigenvalue weighted by molar-refractivity contribution is 0.212. The summed E-state index contributed by atoms with van der Waals surface area (Å²) in [6, 6.07) is 8.69. The Morgan fingerprint density at radius 2 is 1.88 bits per heavy atom. The van der Waals surface area contributed by atoms with E-state index >= 15 is 0 Å². The number of nitrogens with one attached hydrogen (secondary N) is 1. The molecule has 0 unspecified atom stereocenters. The van der Waals surface area contributed by atoms with Crippen molar-refractivity contribution >= 4 is 5.69 Å². The normalized spacial score (nSPS) is 24.2. The van der Waals surface area contributed by atoms with E-state index in [4.69, 9.17) is 5.11 Å². The van der Waals surface area contributed by atoms with E-state index in [1.54, 1.807) is 0 Å². The van der Waals surface area contributed by atoms with E-state index in [-0.39, 0.29) is 6.61 Å². The van der Waals surface area contributed by atoms with Gasteiger partial charge in [-0.15, -0.1) is 0 Å². The Balaban J connectivity index is 1.82. The van der Waals surface area contributed by atoms with E-state index in [1.807, 2.05) is 24.3 Å². The maximum atomic E-state index is 8.94. The lowest BCUT2D eigenvalue weighted by atomic mass is 9.73. The van der Waals surface area contributed by atoms with Crippen molar-refractivity contribution in [3.63, 3.8) is 0 Å². The van der Waals surface area contributed by atoms with E-state index in [1.165, 1.54) is 18.5 Å². The zero-order valence-corrected chi connectivity index (χ0v) is 10.1. The van der Waals surface area contributed by atoms with Crippen LogP contribution in [0.15, 0.2) is 24.3 Å². The second-order valence-corrected chi connectivity index (χ2v) is 5.17. The van der Waals surface area contributed by atoms with Crippen LogP contribution in [0.3, 0.4) is 0 Å². The number of aliphatic hydroxyl groups is 1. The van der Waals surface area contributed by atoms with Crippen molar-refractivity contribution < 1.29 is 5.11 Å². The smallest absolute Gasteiger partial charge is 0.0681 e. The molecule has 0 atom stereocenters. The number of rotatable bonds is 4. The molecule has 88 valence electrons. The first-order valence-corrected chi connectivity index (χ1v) is 6.15. The third-order valence-electron chi connectivity index (χ3n) is 3.62. The van der Waals surface area contributed by atoms with Gasteiger partial charge in [0.1, 0.15) is 0 Å². The summed E-state index contributed by atoms with van der Waals surface area (Å²) in [6.45, 7) is 4.73. The maximum Gasteiger partial charge on any atom is 0.0681 e. The molecule has 0 saturated heterocycles. The van der Waals surface area contributed by atoms with Crippen LogP contribution in [0.4, 0.5) is 5.69 Å². The first kappa shape index (κ1) is 11.5. The third kappa shape index (κ3) is 2.56. The van der Waals surface area contributed by atoms with Crippen molar-refractivity contribution in [2.75, 3.05) is 5.32 Å². The fourth-order valence-corrected chi connectivity index (χ4v) is 2.27. The lowest BCUT2D eigenvalue weighted by Gasteiger charge is -2.39. The fraction of sp³-hybridized carbons (Fsp3) is 0.571. The van der Waals surface area contributed by atoms with Crippen molar-refractivity contribution in [2.24, 2.45) is 11.8 Å². The molecule has 1 aromatic carbocycles. The monoisotopic (exact) mass is 219 g/mol. The Kier molecular flexibility index (Phi) is 3.49. The van der Waals surface area contributed by atoms with Crippen LogP contribution in [0.2, 0.25) is 0 Å². The summed E-state index contributed by atoms with van der Waals surface area (Å²) in [5.41, 5.74) is 2.14. The van der Waals surface area contributed by atoms with Crippen LogP contribution in [-0.2, 0) is 6.61 Å². The summed E-state index contributed by atoms with van der Waals surface area (Å²) in [5, 5.41) is 12.5. The Labute approximate surface area is 97.7 Å². The number of benzene rings is 1. The van der Waals surface area contributed by atoms with Crippen molar-refractivity contribution in [3.8, 4) is 0 Å². The van der Waals surface area contributed by atoms with Crippen LogP contribution in [0.25, 0.3) is 0 Å². The molecule has 0 aromatic heterocycles. The molecule has 16 heavy (non-hydrogen) atoms. The molecule has 1 aliphatic carbocycles. The number of hydrogen-bond donors (Lipinski definition) is 2. The molecular formula is C14H21NO.